The summed E-state index contributed by atoms with van der Waals surface area (Å²) in [6.07, 6.45) is 0.439. The van der Waals surface area contributed by atoms with E-state index in [2.05, 4.69) is 5.32 Å². The van der Waals surface area contributed by atoms with Gasteiger partial charge in [0, 0.05) is 13.0 Å². The zero-order valence-corrected chi connectivity index (χ0v) is 12.7. The molecule has 1 unspecified atom stereocenters. The first-order valence-electron chi connectivity index (χ1n) is 6.79. The fourth-order valence-electron chi connectivity index (χ4n) is 1.93. The van der Waals surface area contributed by atoms with E-state index in [4.69, 9.17) is 4.74 Å². The molecule has 1 heterocycles. The van der Waals surface area contributed by atoms with Crippen LogP contribution in [0, 0.1) is 0 Å². The van der Waals surface area contributed by atoms with Gasteiger partial charge in [-0.05, 0) is 46.5 Å². The third-order valence-corrected chi connectivity index (χ3v) is 3.92. The lowest BCUT2D eigenvalue weighted by atomic mass is 10.1. The molecule has 0 saturated carbocycles. The van der Waals surface area contributed by atoms with Crippen molar-refractivity contribution >= 4 is 17.2 Å². The summed E-state index contributed by atoms with van der Waals surface area (Å²) in [5.74, 6) is 0.752. The molecule has 1 atom stereocenters. The van der Waals surface area contributed by atoms with E-state index in [1.54, 1.807) is 7.11 Å². The minimum absolute atomic E-state index is 0.0555. The number of aliphatic hydroxyl groups is 1. The van der Waals surface area contributed by atoms with Gasteiger partial charge in [0.05, 0.1) is 13.2 Å². The summed E-state index contributed by atoms with van der Waals surface area (Å²) in [4.78, 5) is 11.8. The van der Waals surface area contributed by atoms with E-state index in [0.717, 1.165) is 16.9 Å². The van der Waals surface area contributed by atoms with Crippen molar-refractivity contribution in [1.82, 2.24) is 5.32 Å². The number of thiophene rings is 1. The van der Waals surface area contributed by atoms with Gasteiger partial charge in [0.25, 0.3) is 0 Å². The molecule has 0 bridgehead atoms. The Morgan fingerprint density at radius 2 is 2.10 bits per heavy atom. The van der Waals surface area contributed by atoms with Crippen LogP contribution in [0.1, 0.15) is 23.7 Å². The van der Waals surface area contributed by atoms with E-state index in [9.17, 15) is 9.90 Å². The summed E-state index contributed by atoms with van der Waals surface area (Å²) in [6, 6.07) is 9.53. The molecular weight excluding hydrogens is 286 g/mol. The number of hydrogen-bond donors (Lipinski definition) is 2. The van der Waals surface area contributed by atoms with Crippen molar-refractivity contribution in [1.29, 1.82) is 0 Å². The molecule has 1 amide bonds. The summed E-state index contributed by atoms with van der Waals surface area (Å²) in [5.41, 5.74) is 1.93. The molecule has 1 aromatic heterocycles. The van der Waals surface area contributed by atoms with Crippen LogP contribution in [0.3, 0.4) is 0 Å². The number of methoxy groups -OCH3 is 1. The van der Waals surface area contributed by atoms with E-state index < -0.39 is 6.10 Å². The number of aryl methyl sites for hydroxylation is 1. The Morgan fingerprint density at radius 1 is 1.33 bits per heavy atom. The minimum Gasteiger partial charge on any atom is -0.497 e. The van der Waals surface area contributed by atoms with E-state index >= 15 is 0 Å². The lowest BCUT2D eigenvalue weighted by molar-refractivity contribution is -0.121. The minimum atomic E-state index is -0.638. The number of carbonyl (C=O) groups excluding carboxylic acids is 1. The number of carbonyl (C=O) groups is 1. The van der Waals surface area contributed by atoms with Gasteiger partial charge in [-0.3, -0.25) is 4.79 Å². The van der Waals surface area contributed by atoms with Crippen LogP contribution >= 0.6 is 11.3 Å². The molecule has 5 heteroatoms. The van der Waals surface area contributed by atoms with Crippen LogP contribution < -0.4 is 10.1 Å². The zero-order chi connectivity index (χ0) is 15.1. The summed E-state index contributed by atoms with van der Waals surface area (Å²) >= 11 is 1.53. The maximum absolute atomic E-state index is 11.8. The van der Waals surface area contributed by atoms with Gasteiger partial charge in [0.2, 0.25) is 5.91 Å². The van der Waals surface area contributed by atoms with Crippen molar-refractivity contribution in [3.63, 3.8) is 0 Å². The van der Waals surface area contributed by atoms with Crippen molar-refractivity contribution in [2.24, 2.45) is 0 Å². The molecule has 21 heavy (non-hydrogen) atoms. The highest BCUT2D eigenvalue weighted by atomic mass is 32.1. The van der Waals surface area contributed by atoms with Crippen molar-refractivity contribution < 1.29 is 14.6 Å². The number of ether oxygens (including phenoxy) is 1. The van der Waals surface area contributed by atoms with Crippen molar-refractivity contribution in [2.75, 3.05) is 13.7 Å². The number of nitrogens with one attached hydrogen (secondary N) is 1. The standard InChI is InChI=1S/C16H19NO3S/c1-20-14-5-2-12(3-6-14)4-7-16(19)17-10-15(18)13-8-9-21-11-13/h2-3,5-6,8-9,11,15,18H,4,7,10H2,1H3,(H,17,19). The second-order valence-electron chi connectivity index (χ2n) is 4.72. The van der Waals surface area contributed by atoms with E-state index in [1.165, 1.54) is 11.3 Å². The largest absolute Gasteiger partial charge is 0.497 e. The smallest absolute Gasteiger partial charge is 0.220 e. The highest BCUT2D eigenvalue weighted by Gasteiger charge is 2.09. The third kappa shape index (κ3) is 4.88. The topological polar surface area (TPSA) is 58.6 Å². The molecule has 0 aliphatic rings. The lowest BCUT2D eigenvalue weighted by Crippen LogP contribution is -2.28. The average molecular weight is 305 g/mol. The first-order valence-corrected chi connectivity index (χ1v) is 7.73. The van der Waals surface area contributed by atoms with E-state index in [-0.39, 0.29) is 12.5 Å². The van der Waals surface area contributed by atoms with Crippen LogP contribution in [0.5, 0.6) is 5.75 Å². The Morgan fingerprint density at radius 3 is 2.71 bits per heavy atom. The zero-order valence-electron chi connectivity index (χ0n) is 11.9. The van der Waals surface area contributed by atoms with Gasteiger partial charge >= 0.3 is 0 Å². The molecule has 2 N–H and O–H groups in total. The van der Waals surface area contributed by atoms with Crippen LogP contribution in [-0.2, 0) is 11.2 Å². The maximum atomic E-state index is 11.8. The molecule has 4 nitrogen and oxygen atoms in total. The van der Waals surface area contributed by atoms with Crippen LogP contribution in [-0.4, -0.2) is 24.7 Å². The second-order valence-corrected chi connectivity index (χ2v) is 5.50. The Labute approximate surface area is 128 Å². The van der Waals surface area contributed by atoms with Gasteiger partial charge in [-0.15, -0.1) is 0 Å². The number of benzene rings is 1. The maximum Gasteiger partial charge on any atom is 0.220 e. The highest BCUT2D eigenvalue weighted by Crippen LogP contribution is 2.15. The second kappa shape index (κ2) is 7.81. The Hall–Kier alpha value is -1.85. The lowest BCUT2D eigenvalue weighted by Gasteiger charge is -2.10. The first kappa shape index (κ1) is 15.5. The Bertz CT molecular complexity index is 551. The summed E-state index contributed by atoms with van der Waals surface area (Å²) in [7, 11) is 1.63. The fourth-order valence-corrected chi connectivity index (χ4v) is 2.64. The predicted octanol–water partition coefficient (Wildman–Crippen LogP) is 2.54. The van der Waals surface area contributed by atoms with E-state index in [1.807, 2.05) is 41.1 Å². The van der Waals surface area contributed by atoms with Crippen LogP contribution in [0.2, 0.25) is 0 Å². The Kier molecular flexibility index (Phi) is 5.78. The van der Waals surface area contributed by atoms with Gasteiger partial charge in [0.1, 0.15) is 5.75 Å². The van der Waals surface area contributed by atoms with Crippen molar-refractivity contribution in [3.05, 3.63) is 52.2 Å². The number of hydrogen-bond acceptors (Lipinski definition) is 4. The van der Waals surface area contributed by atoms with Gasteiger partial charge in [-0.1, -0.05) is 12.1 Å². The average Bonchev–Trinajstić information content (AvgIpc) is 3.05. The molecule has 0 aliphatic carbocycles. The normalized spacial score (nSPS) is 11.9. The Balaban J connectivity index is 1.71. The fraction of sp³-hybridized carbons (Fsp3) is 0.312. The van der Waals surface area contributed by atoms with Crippen LogP contribution in [0.25, 0.3) is 0 Å². The van der Waals surface area contributed by atoms with E-state index in [0.29, 0.717) is 12.8 Å². The van der Waals surface area contributed by atoms with Crippen LogP contribution in [0.4, 0.5) is 0 Å². The summed E-state index contributed by atoms with van der Waals surface area (Å²) < 4.78 is 5.09. The molecule has 1 aromatic carbocycles. The van der Waals surface area contributed by atoms with Gasteiger partial charge < -0.3 is 15.2 Å². The SMILES string of the molecule is COc1ccc(CCC(=O)NCC(O)c2ccsc2)cc1. The van der Waals surface area contributed by atoms with Crippen molar-refractivity contribution in [3.8, 4) is 5.75 Å². The number of aliphatic hydroxyl groups excluding tert-OH is 1. The van der Waals surface area contributed by atoms with Crippen molar-refractivity contribution in [2.45, 2.75) is 18.9 Å². The molecule has 0 fully saturated rings. The van der Waals surface area contributed by atoms with Gasteiger partial charge in [0.15, 0.2) is 0 Å². The molecule has 0 aliphatic heterocycles. The van der Waals surface area contributed by atoms with Gasteiger partial charge in [-0.25, -0.2) is 0 Å². The highest BCUT2D eigenvalue weighted by molar-refractivity contribution is 7.07. The first-order chi connectivity index (χ1) is 10.2. The van der Waals surface area contributed by atoms with Crippen LogP contribution in [0.15, 0.2) is 41.1 Å². The number of amides is 1. The summed E-state index contributed by atoms with van der Waals surface area (Å²) in [5, 5.41) is 16.4. The molecule has 2 aromatic rings. The monoisotopic (exact) mass is 305 g/mol. The summed E-state index contributed by atoms with van der Waals surface area (Å²) in [6.45, 7) is 0.248. The molecular formula is C16H19NO3S. The van der Waals surface area contributed by atoms with Gasteiger partial charge in [-0.2, -0.15) is 11.3 Å². The molecule has 0 spiro atoms. The predicted molar refractivity (Wildman–Crippen MR) is 83.6 cm³/mol. The molecule has 0 radical (unpaired) electrons. The third-order valence-electron chi connectivity index (χ3n) is 3.22. The quantitative estimate of drug-likeness (QED) is 0.826. The molecule has 0 saturated heterocycles. The molecule has 2 rings (SSSR count). The molecule has 112 valence electrons. The number of rotatable bonds is 7.